The molecule has 0 aliphatic rings. The molecule has 1 aromatic heterocycles. The minimum atomic E-state index is -0.917. The fraction of sp³-hybridized carbons (Fsp3) is 0.353. The number of carbonyl (C=O) groups is 1. The SMILES string of the molecule is COCCC(NCc1cccc(C(=O)O)c1)c1ccc(C)o1. The van der Waals surface area contributed by atoms with E-state index < -0.39 is 5.97 Å². The van der Waals surface area contributed by atoms with Gasteiger partial charge in [0.25, 0.3) is 0 Å². The Morgan fingerprint density at radius 1 is 1.36 bits per heavy atom. The quantitative estimate of drug-likeness (QED) is 0.784. The number of aromatic carboxylic acids is 1. The van der Waals surface area contributed by atoms with Gasteiger partial charge in [-0.3, -0.25) is 0 Å². The molecule has 0 saturated heterocycles. The van der Waals surface area contributed by atoms with Crippen molar-refractivity contribution in [3.63, 3.8) is 0 Å². The molecule has 0 aliphatic heterocycles. The Kier molecular flexibility index (Phi) is 5.75. The Morgan fingerprint density at radius 3 is 2.82 bits per heavy atom. The molecule has 0 aliphatic carbocycles. The summed E-state index contributed by atoms with van der Waals surface area (Å²) in [5.74, 6) is 0.815. The average molecular weight is 303 g/mol. The number of carboxylic acids is 1. The maximum absolute atomic E-state index is 11.0. The lowest BCUT2D eigenvalue weighted by molar-refractivity contribution is 0.0696. The van der Waals surface area contributed by atoms with Gasteiger partial charge in [0.2, 0.25) is 0 Å². The van der Waals surface area contributed by atoms with Crippen molar-refractivity contribution in [1.29, 1.82) is 0 Å². The van der Waals surface area contributed by atoms with Crippen LogP contribution in [0.25, 0.3) is 0 Å². The van der Waals surface area contributed by atoms with Crippen LogP contribution in [0, 0.1) is 6.92 Å². The number of nitrogens with one attached hydrogen (secondary N) is 1. The number of carboxylic acid groups (broad SMARTS) is 1. The van der Waals surface area contributed by atoms with E-state index in [2.05, 4.69) is 5.32 Å². The van der Waals surface area contributed by atoms with Crippen LogP contribution in [-0.2, 0) is 11.3 Å². The van der Waals surface area contributed by atoms with Crippen LogP contribution in [0.1, 0.15) is 39.9 Å². The van der Waals surface area contributed by atoms with E-state index in [4.69, 9.17) is 14.3 Å². The monoisotopic (exact) mass is 303 g/mol. The molecule has 0 radical (unpaired) electrons. The first-order chi connectivity index (χ1) is 10.6. The van der Waals surface area contributed by atoms with Gasteiger partial charge in [0.1, 0.15) is 11.5 Å². The van der Waals surface area contributed by atoms with Crippen molar-refractivity contribution in [3.05, 3.63) is 59.0 Å². The molecule has 1 unspecified atom stereocenters. The Labute approximate surface area is 129 Å². The summed E-state index contributed by atoms with van der Waals surface area (Å²) in [5.41, 5.74) is 1.21. The molecule has 0 saturated carbocycles. The fourth-order valence-electron chi connectivity index (χ4n) is 2.28. The van der Waals surface area contributed by atoms with Crippen molar-refractivity contribution >= 4 is 5.97 Å². The average Bonchev–Trinajstić information content (AvgIpc) is 2.94. The third kappa shape index (κ3) is 4.44. The molecule has 118 valence electrons. The van der Waals surface area contributed by atoms with Gasteiger partial charge in [0.05, 0.1) is 11.6 Å². The summed E-state index contributed by atoms with van der Waals surface area (Å²) < 4.78 is 10.8. The molecule has 5 nitrogen and oxygen atoms in total. The van der Waals surface area contributed by atoms with Crippen molar-refractivity contribution in [2.45, 2.75) is 25.9 Å². The lowest BCUT2D eigenvalue weighted by Crippen LogP contribution is -2.22. The molecule has 5 heteroatoms. The highest BCUT2D eigenvalue weighted by Crippen LogP contribution is 2.20. The largest absolute Gasteiger partial charge is 0.478 e. The standard InChI is InChI=1S/C17H21NO4/c1-12-6-7-16(22-12)15(8-9-21-2)18-11-13-4-3-5-14(10-13)17(19)20/h3-7,10,15,18H,8-9,11H2,1-2H3,(H,19,20). The summed E-state index contributed by atoms with van der Waals surface area (Å²) in [7, 11) is 1.67. The van der Waals surface area contributed by atoms with E-state index in [0.29, 0.717) is 18.7 Å². The third-order valence-corrected chi connectivity index (χ3v) is 3.44. The van der Waals surface area contributed by atoms with Crippen molar-refractivity contribution in [1.82, 2.24) is 5.32 Å². The molecule has 1 atom stereocenters. The summed E-state index contributed by atoms with van der Waals surface area (Å²) in [6, 6.07) is 10.8. The van der Waals surface area contributed by atoms with E-state index in [0.717, 1.165) is 23.5 Å². The minimum Gasteiger partial charge on any atom is -0.478 e. The van der Waals surface area contributed by atoms with Gasteiger partial charge in [-0.05, 0) is 43.2 Å². The van der Waals surface area contributed by atoms with E-state index >= 15 is 0 Å². The van der Waals surface area contributed by atoms with Crippen molar-refractivity contribution in [2.24, 2.45) is 0 Å². The first-order valence-corrected chi connectivity index (χ1v) is 7.21. The number of ether oxygens (including phenoxy) is 1. The van der Waals surface area contributed by atoms with E-state index in [1.807, 2.05) is 25.1 Å². The fourth-order valence-corrected chi connectivity index (χ4v) is 2.28. The molecule has 2 aromatic rings. The Morgan fingerprint density at radius 2 is 2.18 bits per heavy atom. The summed E-state index contributed by atoms with van der Waals surface area (Å²) in [5, 5.41) is 12.4. The zero-order valence-corrected chi connectivity index (χ0v) is 12.8. The topological polar surface area (TPSA) is 71.7 Å². The molecule has 0 amide bonds. The second-order valence-corrected chi connectivity index (χ2v) is 5.17. The zero-order valence-electron chi connectivity index (χ0n) is 12.8. The third-order valence-electron chi connectivity index (χ3n) is 3.44. The molecule has 1 heterocycles. The maximum atomic E-state index is 11.0. The number of methoxy groups -OCH3 is 1. The van der Waals surface area contributed by atoms with Crippen LogP contribution < -0.4 is 5.32 Å². The first kappa shape index (κ1) is 16.3. The van der Waals surface area contributed by atoms with Crippen molar-refractivity contribution in [3.8, 4) is 0 Å². The van der Waals surface area contributed by atoms with Crippen LogP contribution in [0.5, 0.6) is 0 Å². The van der Waals surface area contributed by atoms with Gasteiger partial charge in [0, 0.05) is 20.3 Å². The summed E-state index contributed by atoms with van der Waals surface area (Å²) >= 11 is 0. The van der Waals surface area contributed by atoms with Crippen LogP contribution in [0.4, 0.5) is 0 Å². The van der Waals surface area contributed by atoms with Gasteiger partial charge in [-0.15, -0.1) is 0 Å². The van der Waals surface area contributed by atoms with Gasteiger partial charge < -0.3 is 19.6 Å². The van der Waals surface area contributed by atoms with E-state index in [1.54, 1.807) is 25.3 Å². The smallest absolute Gasteiger partial charge is 0.335 e. The maximum Gasteiger partial charge on any atom is 0.335 e. The van der Waals surface area contributed by atoms with Crippen LogP contribution in [-0.4, -0.2) is 24.8 Å². The van der Waals surface area contributed by atoms with Gasteiger partial charge in [-0.1, -0.05) is 12.1 Å². The van der Waals surface area contributed by atoms with Crippen LogP contribution in [0.15, 0.2) is 40.8 Å². The highest BCUT2D eigenvalue weighted by Gasteiger charge is 2.15. The molecule has 22 heavy (non-hydrogen) atoms. The lowest BCUT2D eigenvalue weighted by Gasteiger charge is -2.16. The molecule has 1 aromatic carbocycles. The second kappa shape index (κ2) is 7.77. The number of hydrogen-bond donors (Lipinski definition) is 2. The Balaban J connectivity index is 2.04. The molecular weight excluding hydrogens is 282 g/mol. The highest BCUT2D eigenvalue weighted by molar-refractivity contribution is 5.87. The van der Waals surface area contributed by atoms with Crippen molar-refractivity contribution < 1.29 is 19.1 Å². The predicted octanol–water partition coefficient (Wildman–Crippen LogP) is 3.15. The van der Waals surface area contributed by atoms with Gasteiger partial charge in [0.15, 0.2) is 0 Å². The van der Waals surface area contributed by atoms with Gasteiger partial charge >= 0.3 is 5.97 Å². The molecule has 0 bridgehead atoms. The first-order valence-electron chi connectivity index (χ1n) is 7.21. The van der Waals surface area contributed by atoms with Crippen LogP contribution in [0.2, 0.25) is 0 Å². The Hall–Kier alpha value is -2.11. The molecule has 2 rings (SSSR count). The Bertz CT molecular complexity index is 621. The molecular formula is C17H21NO4. The van der Waals surface area contributed by atoms with Crippen LogP contribution in [0.3, 0.4) is 0 Å². The number of benzene rings is 1. The summed E-state index contributed by atoms with van der Waals surface area (Å²) in [4.78, 5) is 11.0. The minimum absolute atomic E-state index is 0.0298. The molecule has 0 spiro atoms. The van der Waals surface area contributed by atoms with Gasteiger partial charge in [-0.2, -0.15) is 0 Å². The van der Waals surface area contributed by atoms with Crippen molar-refractivity contribution in [2.75, 3.05) is 13.7 Å². The predicted molar refractivity (Wildman–Crippen MR) is 82.9 cm³/mol. The van der Waals surface area contributed by atoms with E-state index in [-0.39, 0.29) is 6.04 Å². The van der Waals surface area contributed by atoms with Crippen LogP contribution >= 0.6 is 0 Å². The lowest BCUT2D eigenvalue weighted by atomic mass is 10.1. The molecule has 0 fully saturated rings. The second-order valence-electron chi connectivity index (χ2n) is 5.17. The number of hydrogen-bond acceptors (Lipinski definition) is 4. The molecule has 2 N–H and O–H groups in total. The van der Waals surface area contributed by atoms with E-state index in [1.165, 1.54) is 0 Å². The number of rotatable bonds is 8. The zero-order chi connectivity index (χ0) is 15.9. The highest BCUT2D eigenvalue weighted by atomic mass is 16.5. The number of aryl methyl sites for hydroxylation is 1. The van der Waals surface area contributed by atoms with E-state index in [9.17, 15) is 4.79 Å². The summed E-state index contributed by atoms with van der Waals surface area (Å²) in [6.07, 6.45) is 0.780. The summed E-state index contributed by atoms with van der Waals surface area (Å²) in [6.45, 7) is 3.09. The number of furan rings is 1. The van der Waals surface area contributed by atoms with Gasteiger partial charge in [-0.25, -0.2) is 4.79 Å². The normalized spacial score (nSPS) is 12.3.